The predicted octanol–water partition coefficient (Wildman–Crippen LogP) is 4.10. The molecular formula is C23H26NOP. The lowest BCUT2D eigenvalue weighted by atomic mass is 10.0. The van der Waals surface area contributed by atoms with Crippen molar-refractivity contribution in [2.75, 3.05) is 6.29 Å². The number of aliphatic hydroxyl groups is 1. The van der Waals surface area contributed by atoms with Crippen molar-refractivity contribution in [3.8, 4) is 0 Å². The summed E-state index contributed by atoms with van der Waals surface area (Å²) in [6.45, 7) is 4.18. The summed E-state index contributed by atoms with van der Waals surface area (Å²) in [5, 5.41) is 16.9. The largest absolute Gasteiger partial charge is 0.387 e. The standard InChI is InChI=1S/C23H26NOP/c1-18-10-9-15-22(16-18)26(21-13-7-4-8-14-21)17-24-19(2)23(25)20-11-5-3-6-12-20/h3-16,19,23-25H,17H2,1-2H3/t19-,23-,26?/m0/s1. The number of aliphatic hydroxyl groups excluding tert-OH is 1. The Morgan fingerprint density at radius 1 is 0.846 bits per heavy atom. The molecule has 0 aliphatic carbocycles. The van der Waals surface area contributed by atoms with Gasteiger partial charge in [-0.3, -0.25) is 0 Å². The van der Waals surface area contributed by atoms with Gasteiger partial charge in [0.05, 0.1) is 6.10 Å². The average molecular weight is 363 g/mol. The van der Waals surface area contributed by atoms with Crippen LogP contribution >= 0.6 is 7.92 Å². The molecule has 0 fully saturated rings. The zero-order valence-corrected chi connectivity index (χ0v) is 16.2. The van der Waals surface area contributed by atoms with Crippen LogP contribution in [0.4, 0.5) is 0 Å². The Hall–Kier alpha value is -1.99. The lowest BCUT2D eigenvalue weighted by Gasteiger charge is -2.25. The molecule has 3 heteroatoms. The summed E-state index contributed by atoms with van der Waals surface area (Å²) in [5.41, 5.74) is 2.23. The molecule has 2 nitrogen and oxygen atoms in total. The molecule has 0 amide bonds. The molecule has 0 radical (unpaired) electrons. The third-order valence-corrected chi connectivity index (χ3v) is 6.89. The van der Waals surface area contributed by atoms with Crippen LogP contribution in [0.25, 0.3) is 0 Å². The van der Waals surface area contributed by atoms with E-state index < -0.39 is 14.0 Å². The van der Waals surface area contributed by atoms with Crippen LogP contribution in [-0.4, -0.2) is 17.4 Å². The van der Waals surface area contributed by atoms with E-state index in [4.69, 9.17) is 0 Å². The molecule has 0 aliphatic rings. The minimum atomic E-state index is -0.515. The Bertz CT molecular complexity index is 807. The highest BCUT2D eigenvalue weighted by Gasteiger charge is 2.19. The number of rotatable bonds is 7. The molecule has 1 unspecified atom stereocenters. The first kappa shape index (κ1) is 18.8. The normalized spacial score (nSPS) is 14.6. The maximum absolute atomic E-state index is 10.6. The Morgan fingerprint density at radius 2 is 1.46 bits per heavy atom. The smallest absolute Gasteiger partial charge is 0.0940 e. The Labute approximate surface area is 157 Å². The Kier molecular flexibility index (Phi) is 6.57. The fraction of sp³-hybridized carbons (Fsp3) is 0.217. The van der Waals surface area contributed by atoms with Crippen molar-refractivity contribution >= 4 is 18.5 Å². The molecule has 0 bridgehead atoms. The summed E-state index contributed by atoms with van der Waals surface area (Å²) in [7, 11) is -0.515. The zero-order valence-electron chi connectivity index (χ0n) is 15.3. The van der Waals surface area contributed by atoms with Gasteiger partial charge in [0.1, 0.15) is 0 Å². The summed E-state index contributed by atoms with van der Waals surface area (Å²) in [5.74, 6) is 0. The van der Waals surface area contributed by atoms with Crippen LogP contribution in [0.5, 0.6) is 0 Å². The fourth-order valence-electron chi connectivity index (χ4n) is 3.02. The monoisotopic (exact) mass is 363 g/mol. The first-order chi connectivity index (χ1) is 12.6. The van der Waals surface area contributed by atoms with Gasteiger partial charge < -0.3 is 10.4 Å². The quantitative estimate of drug-likeness (QED) is 0.620. The number of nitrogens with one attached hydrogen (secondary N) is 1. The van der Waals surface area contributed by atoms with Crippen molar-refractivity contribution in [3.63, 3.8) is 0 Å². The number of hydrogen-bond donors (Lipinski definition) is 2. The van der Waals surface area contributed by atoms with Crippen molar-refractivity contribution in [1.82, 2.24) is 5.32 Å². The molecule has 0 aliphatic heterocycles. The van der Waals surface area contributed by atoms with Crippen molar-refractivity contribution in [1.29, 1.82) is 0 Å². The van der Waals surface area contributed by atoms with Gasteiger partial charge in [0.15, 0.2) is 0 Å². The minimum Gasteiger partial charge on any atom is -0.387 e. The first-order valence-electron chi connectivity index (χ1n) is 9.01. The van der Waals surface area contributed by atoms with E-state index >= 15 is 0 Å². The van der Waals surface area contributed by atoms with Crippen LogP contribution in [0, 0.1) is 6.92 Å². The van der Waals surface area contributed by atoms with Crippen LogP contribution in [0.15, 0.2) is 84.9 Å². The Morgan fingerprint density at radius 3 is 2.12 bits per heavy atom. The van der Waals surface area contributed by atoms with E-state index in [1.807, 2.05) is 37.3 Å². The van der Waals surface area contributed by atoms with Crippen LogP contribution in [-0.2, 0) is 0 Å². The summed E-state index contributed by atoms with van der Waals surface area (Å²) in [6, 6.07) is 29.3. The highest BCUT2D eigenvalue weighted by atomic mass is 31.1. The molecule has 3 aromatic rings. The number of aryl methyl sites for hydroxylation is 1. The van der Waals surface area contributed by atoms with Gasteiger partial charge in [-0.25, -0.2) is 0 Å². The average Bonchev–Trinajstić information content (AvgIpc) is 2.69. The third kappa shape index (κ3) is 4.80. The molecule has 3 aromatic carbocycles. The minimum absolute atomic E-state index is 0.0177. The molecule has 2 N–H and O–H groups in total. The lowest BCUT2D eigenvalue weighted by molar-refractivity contribution is 0.139. The SMILES string of the molecule is Cc1cccc(P(CN[C@@H](C)[C@H](O)c2ccccc2)c2ccccc2)c1. The van der Waals surface area contributed by atoms with Gasteiger partial charge in [0.25, 0.3) is 0 Å². The van der Waals surface area contributed by atoms with Crippen LogP contribution in [0.1, 0.15) is 24.2 Å². The van der Waals surface area contributed by atoms with Crippen molar-refractivity contribution < 1.29 is 5.11 Å². The van der Waals surface area contributed by atoms with Crippen molar-refractivity contribution in [2.24, 2.45) is 0 Å². The predicted molar refractivity (Wildman–Crippen MR) is 113 cm³/mol. The molecule has 26 heavy (non-hydrogen) atoms. The lowest BCUT2D eigenvalue weighted by Crippen LogP contribution is -2.34. The zero-order chi connectivity index (χ0) is 18.4. The van der Waals surface area contributed by atoms with E-state index in [0.29, 0.717) is 0 Å². The van der Waals surface area contributed by atoms with E-state index in [1.54, 1.807) is 0 Å². The molecule has 0 heterocycles. The van der Waals surface area contributed by atoms with Crippen molar-refractivity contribution in [3.05, 3.63) is 96.1 Å². The summed E-state index contributed by atoms with van der Waals surface area (Å²) >= 11 is 0. The fourth-order valence-corrected chi connectivity index (χ4v) is 5.31. The van der Waals surface area contributed by atoms with Crippen LogP contribution in [0.2, 0.25) is 0 Å². The molecule has 0 saturated carbocycles. The topological polar surface area (TPSA) is 32.3 Å². The van der Waals surface area contributed by atoms with Gasteiger partial charge in [-0.1, -0.05) is 90.5 Å². The van der Waals surface area contributed by atoms with E-state index in [1.165, 1.54) is 16.2 Å². The molecular weight excluding hydrogens is 337 g/mol. The first-order valence-corrected chi connectivity index (χ1v) is 10.5. The molecule has 0 spiro atoms. The summed E-state index contributed by atoms with van der Waals surface area (Å²) < 4.78 is 0. The second-order valence-electron chi connectivity index (χ2n) is 6.61. The van der Waals surface area contributed by atoms with Gasteiger partial charge in [-0.2, -0.15) is 0 Å². The second-order valence-corrected chi connectivity index (χ2v) is 8.81. The molecule has 134 valence electrons. The summed E-state index contributed by atoms with van der Waals surface area (Å²) in [4.78, 5) is 0. The second kappa shape index (κ2) is 9.09. The Balaban J connectivity index is 1.76. The number of benzene rings is 3. The summed E-state index contributed by atoms with van der Waals surface area (Å²) in [6.07, 6.45) is 0.328. The van der Waals surface area contributed by atoms with Gasteiger partial charge in [-0.05, 0) is 37.9 Å². The third-order valence-electron chi connectivity index (χ3n) is 4.57. The van der Waals surface area contributed by atoms with Gasteiger partial charge in [0, 0.05) is 12.3 Å². The van der Waals surface area contributed by atoms with E-state index in [9.17, 15) is 5.11 Å². The van der Waals surface area contributed by atoms with Crippen LogP contribution < -0.4 is 15.9 Å². The van der Waals surface area contributed by atoms with Crippen molar-refractivity contribution in [2.45, 2.75) is 26.0 Å². The van der Waals surface area contributed by atoms with Gasteiger partial charge in [0.2, 0.25) is 0 Å². The van der Waals surface area contributed by atoms with Gasteiger partial charge >= 0.3 is 0 Å². The van der Waals surface area contributed by atoms with E-state index in [0.717, 1.165) is 11.8 Å². The molecule has 0 saturated heterocycles. The van der Waals surface area contributed by atoms with E-state index in [2.05, 4.69) is 66.8 Å². The maximum Gasteiger partial charge on any atom is 0.0940 e. The number of hydrogen-bond acceptors (Lipinski definition) is 2. The molecule has 3 atom stereocenters. The maximum atomic E-state index is 10.6. The molecule has 3 rings (SSSR count). The van der Waals surface area contributed by atoms with Crippen LogP contribution in [0.3, 0.4) is 0 Å². The highest BCUT2D eigenvalue weighted by molar-refractivity contribution is 7.72. The van der Waals surface area contributed by atoms with Gasteiger partial charge in [-0.15, -0.1) is 0 Å². The highest BCUT2D eigenvalue weighted by Crippen LogP contribution is 2.33. The van der Waals surface area contributed by atoms with E-state index in [-0.39, 0.29) is 6.04 Å². The molecule has 0 aromatic heterocycles.